The fourth-order valence-corrected chi connectivity index (χ4v) is 2.71. The summed E-state index contributed by atoms with van der Waals surface area (Å²) in [6.45, 7) is 3.58. The zero-order chi connectivity index (χ0) is 15.1. The molecule has 0 aromatic heterocycles. The first-order valence-corrected chi connectivity index (χ1v) is 7.74. The third-order valence-corrected chi connectivity index (χ3v) is 4.02. The van der Waals surface area contributed by atoms with E-state index in [4.69, 9.17) is 14.6 Å². The average molecular weight is 292 g/mol. The van der Waals surface area contributed by atoms with Crippen molar-refractivity contribution in [1.82, 2.24) is 0 Å². The second-order valence-corrected chi connectivity index (χ2v) is 5.70. The molecule has 4 heteroatoms. The summed E-state index contributed by atoms with van der Waals surface area (Å²) in [5.41, 5.74) is 0.275. The maximum absolute atomic E-state index is 10.7. The van der Waals surface area contributed by atoms with Crippen LogP contribution in [0.25, 0.3) is 0 Å². The lowest BCUT2D eigenvalue weighted by Gasteiger charge is -2.28. The van der Waals surface area contributed by atoms with Gasteiger partial charge in [0.1, 0.15) is 5.75 Å². The lowest BCUT2D eigenvalue weighted by molar-refractivity contribution is -0.00912. The highest BCUT2D eigenvalue weighted by Crippen LogP contribution is 2.26. The molecule has 0 spiro atoms. The summed E-state index contributed by atoms with van der Waals surface area (Å²) in [7, 11) is 0. The molecule has 1 N–H and O–H groups in total. The van der Waals surface area contributed by atoms with Crippen LogP contribution in [0, 0.1) is 5.92 Å². The predicted octanol–water partition coefficient (Wildman–Crippen LogP) is 3.75. The molecule has 4 nitrogen and oxygen atoms in total. The van der Waals surface area contributed by atoms with Crippen LogP contribution in [-0.4, -0.2) is 30.4 Å². The first-order chi connectivity index (χ1) is 10.2. The number of benzene rings is 1. The Kier molecular flexibility index (Phi) is 6.05. The molecule has 1 fully saturated rings. The van der Waals surface area contributed by atoms with E-state index in [-0.39, 0.29) is 5.56 Å². The zero-order valence-electron chi connectivity index (χ0n) is 12.6. The van der Waals surface area contributed by atoms with E-state index in [1.54, 1.807) is 24.3 Å². The van der Waals surface area contributed by atoms with Gasteiger partial charge in [0.2, 0.25) is 0 Å². The van der Waals surface area contributed by atoms with Gasteiger partial charge in [0.15, 0.2) is 0 Å². The van der Waals surface area contributed by atoms with Crippen LogP contribution in [0.1, 0.15) is 49.4 Å². The largest absolute Gasteiger partial charge is 0.494 e. The molecule has 0 aliphatic heterocycles. The molecule has 2 atom stereocenters. The Labute approximate surface area is 126 Å². The minimum atomic E-state index is -0.920. The van der Waals surface area contributed by atoms with Gasteiger partial charge in [-0.2, -0.15) is 0 Å². The van der Waals surface area contributed by atoms with Gasteiger partial charge in [0.05, 0.1) is 24.9 Å². The van der Waals surface area contributed by atoms with E-state index in [1.165, 1.54) is 25.7 Å². The molecule has 1 aliphatic carbocycles. The Morgan fingerprint density at radius 3 is 2.57 bits per heavy atom. The molecule has 0 heterocycles. The van der Waals surface area contributed by atoms with E-state index in [9.17, 15) is 4.79 Å². The monoisotopic (exact) mass is 292 g/mol. The van der Waals surface area contributed by atoms with Crippen LogP contribution in [0.4, 0.5) is 0 Å². The predicted molar refractivity (Wildman–Crippen MR) is 80.9 cm³/mol. The molecule has 0 bridgehead atoms. The molecule has 0 amide bonds. The highest BCUT2D eigenvalue weighted by Gasteiger charge is 2.21. The van der Waals surface area contributed by atoms with Crippen molar-refractivity contribution in [1.29, 1.82) is 0 Å². The van der Waals surface area contributed by atoms with Crippen LogP contribution in [0.5, 0.6) is 5.75 Å². The highest BCUT2D eigenvalue weighted by atomic mass is 16.5. The standard InChI is InChI=1S/C17H24O4/c1-13-5-2-3-6-16(13)21-12-4-11-20-15-9-7-14(8-10-15)17(18)19/h7-10,13,16H,2-6,11-12H2,1H3,(H,18,19). The van der Waals surface area contributed by atoms with E-state index in [2.05, 4.69) is 6.92 Å². The van der Waals surface area contributed by atoms with E-state index in [0.29, 0.717) is 24.4 Å². The number of hydrogen-bond acceptors (Lipinski definition) is 3. The van der Waals surface area contributed by atoms with Crippen molar-refractivity contribution in [3.8, 4) is 5.75 Å². The summed E-state index contributed by atoms with van der Waals surface area (Å²) in [4.78, 5) is 10.7. The van der Waals surface area contributed by atoms with Gasteiger partial charge in [-0.25, -0.2) is 4.79 Å². The quantitative estimate of drug-likeness (QED) is 0.778. The van der Waals surface area contributed by atoms with Gasteiger partial charge in [-0.1, -0.05) is 19.8 Å². The fourth-order valence-electron chi connectivity index (χ4n) is 2.71. The zero-order valence-corrected chi connectivity index (χ0v) is 12.6. The molecule has 1 aromatic rings. The topological polar surface area (TPSA) is 55.8 Å². The normalized spacial score (nSPS) is 22.0. The van der Waals surface area contributed by atoms with E-state index < -0.39 is 5.97 Å². The smallest absolute Gasteiger partial charge is 0.335 e. The van der Waals surface area contributed by atoms with Crippen molar-refractivity contribution in [2.45, 2.75) is 45.1 Å². The van der Waals surface area contributed by atoms with Crippen LogP contribution in [0.2, 0.25) is 0 Å². The van der Waals surface area contributed by atoms with Crippen molar-refractivity contribution in [2.24, 2.45) is 5.92 Å². The molecular formula is C17H24O4. The summed E-state index contributed by atoms with van der Waals surface area (Å²) < 4.78 is 11.5. The highest BCUT2D eigenvalue weighted by molar-refractivity contribution is 5.87. The minimum absolute atomic E-state index is 0.275. The first-order valence-electron chi connectivity index (χ1n) is 7.74. The summed E-state index contributed by atoms with van der Waals surface area (Å²) in [6, 6.07) is 6.48. The Hall–Kier alpha value is -1.55. The lowest BCUT2D eigenvalue weighted by atomic mass is 9.88. The molecule has 2 unspecified atom stereocenters. The molecule has 2 rings (SSSR count). The molecule has 116 valence electrons. The van der Waals surface area contributed by atoms with Crippen molar-refractivity contribution in [2.75, 3.05) is 13.2 Å². The lowest BCUT2D eigenvalue weighted by Crippen LogP contribution is -2.26. The second-order valence-electron chi connectivity index (χ2n) is 5.70. The number of carboxylic acid groups (broad SMARTS) is 1. The number of aromatic carboxylic acids is 1. The Morgan fingerprint density at radius 2 is 1.90 bits per heavy atom. The molecular weight excluding hydrogens is 268 g/mol. The number of hydrogen-bond donors (Lipinski definition) is 1. The minimum Gasteiger partial charge on any atom is -0.494 e. The Balaban J connectivity index is 1.62. The van der Waals surface area contributed by atoms with Gasteiger partial charge in [-0.05, 0) is 43.0 Å². The van der Waals surface area contributed by atoms with E-state index >= 15 is 0 Å². The molecule has 1 saturated carbocycles. The third kappa shape index (κ3) is 5.05. The first kappa shape index (κ1) is 15.8. The van der Waals surface area contributed by atoms with Gasteiger partial charge in [0, 0.05) is 6.42 Å². The summed E-state index contributed by atoms with van der Waals surface area (Å²) >= 11 is 0. The van der Waals surface area contributed by atoms with Gasteiger partial charge in [-0.15, -0.1) is 0 Å². The van der Waals surface area contributed by atoms with Crippen LogP contribution >= 0.6 is 0 Å². The van der Waals surface area contributed by atoms with Crippen LogP contribution in [0.3, 0.4) is 0 Å². The fraction of sp³-hybridized carbons (Fsp3) is 0.588. The van der Waals surface area contributed by atoms with Crippen molar-refractivity contribution < 1.29 is 19.4 Å². The Bertz CT molecular complexity index is 441. The van der Waals surface area contributed by atoms with E-state index in [1.807, 2.05) is 0 Å². The SMILES string of the molecule is CC1CCCCC1OCCCOc1ccc(C(=O)O)cc1. The summed E-state index contributed by atoms with van der Waals surface area (Å²) in [6.07, 6.45) is 6.33. The van der Waals surface area contributed by atoms with Crippen LogP contribution < -0.4 is 4.74 Å². The summed E-state index contributed by atoms with van der Waals surface area (Å²) in [5.74, 6) is 0.450. The second kappa shape index (κ2) is 8.03. The van der Waals surface area contributed by atoms with Crippen molar-refractivity contribution in [3.05, 3.63) is 29.8 Å². The van der Waals surface area contributed by atoms with Gasteiger partial charge in [-0.3, -0.25) is 0 Å². The number of ether oxygens (including phenoxy) is 2. The van der Waals surface area contributed by atoms with E-state index in [0.717, 1.165) is 13.0 Å². The third-order valence-electron chi connectivity index (χ3n) is 4.02. The Morgan fingerprint density at radius 1 is 1.19 bits per heavy atom. The number of rotatable bonds is 7. The maximum atomic E-state index is 10.7. The van der Waals surface area contributed by atoms with Crippen molar-refractivity contribution >= 4 is 5.97 Å². The van der Waals surface area contributed by atoms with Crippen molar-refractivity contribution in [3.63, 3.8) is 0 Å². The van der Waals surface area contributed by atoms with Gasteiger partial charge >= 0.3 is 5.97 Å². The van der Waals surface area contributed by atoms with Crippen LogP contribution in [-0.2, 0) is 4.74 Å². The number of carbonyl (C=O) groups is 1. The van der Waals surface area contributed by atoms with Crippen LogP contribution in [0.15, 0.2) is 24.3 Å². The molecule has 0 saturated heterocycles. The maximum Gasteiger partial charge on any atom is 0.335 e. The molecule has 1 aliphatic rings. The average Bonchev–Trinajstić information content (AvgIpc) is 2.49. The van der Waals surface area contributed by atoms with Gasteiger partial charge < -0.3 is 14.6 Å². The van der Waals surface area contributed by atoms with Gasteiger partial charge in [0.25, 0.3) is 0 Å². The molecule has 21 heavy (non-hydrogen) atoms. The number of carboxylic acids is 1. The molecule has 1 aromatic carbocycles. The molecule has 0 radical (unpaired) electrons. The summed E-state index contributed by atoms with van der Waals surface area (Å²) in [5, 5.41) is 8.81.